The van der Waals surface area contributed by atoms with Crippen LogP contribution < -0.4 is 5.32 Å². The van der Waals surface area contributed by atoms with Gasteiger partial charge in [0.15, 0.2) is 0 Å². The highest BCUT2D eigenvalue weighted by molar-refractivity contribution is 5.75. The van der Waals surface area contributed by atoms with Gasteiger partial charge < -0.3 is 4.74 Å². The smallest absolute Gasteiger partial charge is 0.322 e. The second kappa shape index (κ2) is 6.70. The lowest BCUT2D eigenvalue weighted by atomic mass is 9.96. The van der Waals surface area contributed by atoms with Crippen molar-refractivity contribution in [3.8, 4) is 0 Å². The minimum atomic E-state index is -0.301. The number of nitrogens with zero attached hydrogens (tertiary/aromatic N) is 2. The lowest BCUT2D eigenvalue weighted by Crippen LogP contribution is -2.34. The third kappa shape index (κ3) is 3.80. The average Bonchev–Trinajstić information content (AvgIpc) is 2.93. The molecule has 1 aromatic rings. The summed E-state index contributed by atoms with van der Waals surface area (Å²) >= 11 is 0. The zero-order valence-corrected chi connectivity index (χ0v) is 11.8. The number of carbonyl (C=O) groups is 1. The summed E-state index contributed by atoms with van der Waals surface area (Å²) in [7, 11) is 1.40. The number of hydrogen-bond donors (Lipinski definition) is 1. The molecule has 2 rings (SSSR count). The van der Waals surface area contributed by atoms with Gasteiger partial charge in [-0.2, -0.15) is 5.10 Å². The highest BCUT2D eigenvalue weighted by Gasteiger charge is 2.17. The fourth-order valence-electron chi connectivity index (χ4n) is 2.54. The summed E-state index contributed by atoms with van der Waals surface area (Å²) in [5.41, 5.74) is 0.973. The molecule has 0 saturated heterocycles. The van der Waals surface area contributed by atoms with E-state index < -0.39 is 0 Å². The fraction of sp³-hybridized carbons (Fsp3) is 0.714. The van der Waals surface area contributed by atoms with E-state index in [-0.39, 0.29) is 12.0 Å². The molecule has 1 aliphatic rings. The maximum atomic E-state index is 11.3. The molecule has 1 aromatic heterocycles. The van der Waals surface area contributed by atoms with Crippen molar-refractivity contribution in [2.24, 2.45) is 0 Å². The van der Waals surface area contributed by atoms with E-state index in [0.717, 1.165) is 5.69 Å². The van der Waals surface area contributed by atoms with Crippen molar-refractivity contribution in [2.45, 2.75) is 57.7 Å². The number of aromatic nitrogens is 2. The summed E-state index contributed by atoms with van der Waals surface area (Å²) in [6.45, 7) is 2.39. The van der Waals surface area contributed by atoms with Crippen molar-refractivity contribution >= 4 is 5.97 Å². The number of carbonyl (C=O) groups excluding carboxylic acids is 1. The molecule has 1 saturated carbocycles. The Morgan fingerprint density at radius 3 is 2.95 bits per heavy atom. The van der Waals surface area contributed by atoms with E-state index in [1.807, 2.05) is 6.07 Å². The summed E-state index contributed by atoms with van der Waals surface area (Å²) in [5.74, 6) is -0.244. The van der Waals surface area contributed by atoms with Gasteiger partial charge in [0, 0.05) is 12.7 Å². The van der Waals surface area contributed by atoms with E-state index in [0.29, 0.717) is 12.6 Å². The SMILES string of the molecule is COC(=O)C(C)NCc1ccn(C2CCCCC2)n1. The topological polar surface area (TPSA) is 56.1 Å². The van der Waals surface area contributed by atoms with E-state index >= 15 is 0 Å². The fourth-order valence-corrected chi connectivity index (χ4v) is 2.54. The van der Waals surface area contributed by atoms with E-state index in [4.69, 9.17) is 0 Å². The van der Waals surface area contributed by atoms with Crippen molar-refractivity contribution in [1.82, 2.24) is 15.1 Å². The number of ether oxygens (including phenoxy) is 1. The van der Waals surface area contributed by atoms with Gasteiger partial charge in [-0.15, -0.1) is 0 Å². The molecular weight excluding hydrogens is 242 g/mol. The lowest BCUT2D eigenvalue weighted by molar-refractivity contribution is -0.142. The van der Waals surface area contributed by atoms with Gasteiger partial charge in [0.05, 0.1) is 18.8 Å². The number of methoxy groups -OCH3 is 1. The largest absolute Gasteiger partial charge is 0.468 e. The molecule has 0 amide bonds. The molecule has 19 heavy (non-hydrogen) atoms. The summed E-state index contributed by atoms with van der Waals surface area (Å²) in [4.78, 5) is 11.3. The Morgan fingerprint density at radius 1 is 1.53 bits per heavy atom. The van der Waals surface area contributed by atoms with Crippen LogP contribution in [0.25, 0.3) is 0 Å². The first kappa shape index (κ1) is 14.1. The maximum Gasteiger partial charge on any atom is 0.322 e. The maximum absolute atomic E-state index is 11.3. The van der Waals surface area contributed by atoms with Crippen LogP contribution in [0.3, 0.4) is 0 Å². The first-order chi connectivity index (χ1) is 9.20. The van der Waals surface area contributed by atoms with Crippen LogP contribution >= 0.6 is 0 Å². The van der Waals surface area contributed by atoms with Crippen LogP contribution in [-0.2, 0) is 16.1 Å². The number of hydrogen-bond acceptors (Lipinski definition) is 4. The van der Waals surface area contributed by atoms with Crippen molar-refractivity contribution in [3.05, 3.63) is 18.0 Å². The van der Waals surface area contributed by atoms with Crippen LogP contribution in [0, 0.1) is 0 Å². The molecule has 5 nitrogen and oxygen atoms in total. The van der Waals surface area contributed by atoms with Crippen molar-refractivity contribution in [1.29, 1.82) is 0 Å². The standard InChI is InChI=1S/C14H23N3O2/c1-11(14(18)19-2)15-10-12-8-9-17(16-12)13-6-4-3-5-7-13/h8-9,11,13,15H,3-7,10H2,1-2H3. The predicted octanol–water partition coefficient (Wildman–Crippen LogP) is 2.04. The summed E-state index contributed by atoms with van der Waals surface area (Å²) in [5, 5.41) is 7.71. The second-order valence-corrected chi connectivity index (χ2v) is 5.20. The Bertz CT molecular complexity index is 411. The van der Waals surface area contributed by atoms with Gasteiger partial charge in [-0.1, -0.05) is 19.3 Å². The van der Waals surface area contributed by atoms with Crippen LogP contribution in [0.4, 0.5) is 0 Å². The molecule has 0 spiro atoms. The quantitative estimate of drug-likeness (QED) is 0.828. The molecule has 0 radical (unpaired) electrons. The van der Waals surface area contributed by atoms with Crippen LogP contribution in [0.1, 0.15) is 50.8 Å². The van der Waals surface area contributed by atoms with Gasteiger partial charge in [-0.05, 0) is 25.8 Å². The first-order valence-corrected chi connectivity index (χ1v) is 7.06. The third-order valence-electron chi connectivity index (χ3n) is 3.76. The molecule has 0 aliphatic heterocycles. The van der Waals surface area contributed by atoms with E-state index in [1.54, 1.807) is 6.92 Å². The monoisotopic (exact) mass is 265 g/mol. The first-order valence-electron chi connectivity index (χ1n) is 7.06. The minimum absolute atomic E-state index is 0.244. The molecule has 106 valence electrons. The Labute approximate surface area is 114 Å². The second-order valence-electron chi connectivity index (χ2n) is 5.20. The Morgan fingerprint density at radius 2 is 2.26 bits per heavy atom. The zero-order valence-electron chi connectivity index (χ0n) is 11.8. The van der Waals surface area contributed by atoms with Crippen molar-refractivity contribution < 1.29 is 9.53 Å². The average molecular weight is 265 g/mol. The van der Waals surface area contributed by atoms with Crippen molar-refractivity contribution in [3.63, 3.8) is 0 Å². The van der Waals surface area contributed by atoms with E-state index in [2.05, 4.69) is 26.0 Å². The van der Waals surface area contributed by atoms with Gasteiger partial charge in [-0.25, -0.2) is 0 Å². The Hall–Kier alpha value is -1.36. The molecule has 1 heterocycles. The predicted molar refractivity (Wildman–Crippen MR) is 72.7 cm³/mol. The zero-order chi connectivity index (χ0) is 13.7. The highest BCUT2D eigenvalue weighted by Crippen LogP contribution is 2.27. The number of nitrogens with one attached hydrogen (secondary N) is 1. The molecular formula is C14H23N3O2. The molecule has 1 aliphatic carbocycles. The van der Waals surface area contributed by atoms with Gasteiger partial charge >= 0.3 is 5.97 Å². The van der Waals surface area contributed by atoms with Gasteiger partial charge in [-0.3, -0.25) is 14.8 Å². The highest BCUT2D eigenvalue weighted by atomic mass is 16.5. The number of esters is 1. The molecule has 0 bridgehead atoms. The Balaban J connectivity index is 1.85. The van der Waals surface area contributed by atoms with Gasteiger partial charge in [0.1, 0.15) is 6.04 Å². The molecule has 1 unspecified atom stereocenters. The van der Waals surface area contributed by atoms with Crippen molar-refractivity contribution in [2.75, 3.05) is 7.11 Å². The molecule has 1 N–H and O–H groups in total. The van der Waals surface area contributed by atoms with Crippen LogP contribution in [0.2, 0.25) is 0 Å². The van der Waals surface area contributed by atoms with Crippen LogP contribution in [-0.4, -0.2) is 28.9 Å². The molecule has 1 fully saturated rings. The summed E-state index contributed by atoms with van der Waals surface area (Å²) in [6.07, 6.45) is 8.47. The molecule has 1 atom stereocenters. The van der Waals surface area contributed by atoms with Gasteiger partial charge in [0.25, 0.3) is 0 Å². The lowest BCUT2D eigenvalue weighted by Gasteiger charge is -2.21. The molecule has 0 aromatic carbocycles. The third-order valence-corrected chi connectivity index (χ3v) is 3.76. The summed E-state index contributed by atoms with van der Waals surface area (Å²) in [6, 6.07) is 2.27. The van der Waals surface area contributed by atoms with Crippen LogP contribution in [0.15, 0.2) is 12.3 Å². The van der Waals surface area contributed by atoms with Gasteiger partial charge in [0.2, 0.25) is 0 Å². The van der Waals surface area contributed by atoms with E-state index in [1.165, 1.54) is 39.2 Å². The minimum Gasteiger partial charge on any atom is -0.468 e. The molecule has 5 heteroatoms. The van der Waals surface area contributed by atoms with E-state index in [9.17, 15) is 4.79 Å². The number of rotatable bonds is 5. The normalized spacial score (nSPS) is 18.2. The summed E-state index contributed by atoms with van der Waals surface area (Å²) < 4.78 is 6.76. The Kier molecular flexibility index (Phi) is 4.96. The van der Waals surface area contributed by atoms with Crippen LogP contribution in [0.5, 0.6) is 0 Å².